The molecule has 0 aromatic rings. The van der Waals surface area contributed by atoms with Crippen molar-refractivity contribution < 1.29 is 0 Å². The van der Waals surface area contributed by atoms with E-state index in [4.69, 9.17) is 0 Å². The van der Waals surface area contributed by atoms with E-state index >= 15 is 0 Å². The second kappa shape index (κ2) is 7.76. The van der Waals surface area contributed by atoms with Crippen LogP contribution in [0.25, 0.3) is 0 Å². The molecule has 0 aromatic heterocycles. The van der Waals surface area contributed by atoms with Crippen molar-refractivity contribution in [1.82, 2.24) is 0 Å². The molecular formula is C11H12S6Se2. The molecule has 3 rings (SSSR count). The van der Waals surface area contributed by atoms with E-state index in [1.807, 2.05) is 47.0 Å². The van der Waals surface area contributed by atoms with Gasteiger partial charge in [-0.2, -0.15) is 0 Å². The van der Waals surface area contributed by atoms with Crippen molar-refractivity contribution in [1.29, 1.82) is 0 Å². The zero-order chi connectivity index (χ0) is 13.2. The van der Waals surface area contributed by atoms with Gasteiger partial charge in [-0.3, -0.25) is 0 Å². The van der Waals surface area contributed by atoms with Gasteiger partial charge in [0.25, 0.3) is 0 Å². The third-order valence-electron chi connectivity index (χ3n) is 2.37. The van der Waals surface area contributed by atoms with Crippen molar-refractivity contribution in [3.63, 3.8) is 0 Å². The molecule has 19 heavy (non-hydrogen) atoms. The molecule has 3 aliphatic rings. The normalized spacial score (nSPS) is 24.3. The Kier molecular flexibility index (Phi) is 6.63. The van der Waals surface area contributed by atoms with E-state index < -0.39 is 0 Å². The van der Waals surface area contributed by atoms with Crippen LogP contribution < -0.4 is 0 Å². The topological polar surface area (TPSA) is 0 Å². The van der Waals surface area contributed by atoms with Crippen LogP contribution in [0.15, 0.2) is 24.6 Å². The van der Waals surface area contributed by atoms with Gasteiger partial charge in [0.2, 0.25) is 0 Å². The molecular weight excluding hydrogens is 482 g/mol. The van der Waals surface area contributed by atoms with Crippen LogP contribution in [0, 0.1) is 0 Å². The number of rotatable bonds is 2. The van der Waals surface area contributed by atoms with E-state index in [0.717, 1.165) is 29.9 Å². The van der Waals surface area contributed by atoms with Crippen molar-refractivity contribution in [3.8, 4) is 0 Å². The minimum atomic E-state index is 0.763. The Morgan fingerprint density at radius 3 is 1.74 bits per heavy atom. The summed E-state index contributed by atoms with van der Waals surface area (Å²) in [5.41, 5.74) is 0. The molecule has 0 saturated carbocycles. The molecule has 0 nitrogen and oxygen atoms in total. The van der Waals surface area contributed by atoms with E-state index in [9.17, 15) is 0 Å². The van der Waals surface area contributed by atoms with Crippen LogP contribution in [0.4, 0.5) is 0 Å². The van der Waals surface area contributed by atoms with Gasteiger partial charge in [-0.05, 0) is 0 Å². The van der Waals surface area contributed by atoms with Crippen LogP contribution in [0.3, 0.4) is 0 Å². The van der Waals surface area contributed by atoms with Gasteiger partial charge in [-0.15, -0.1) is 0 Å². The van der Waals surface area contributed by atoms with E-state index in [2.05, 4.69) is 36.0 Å². The molecule has 0 spiro atoms. The fourth-order valence-corrected chi connectivity index (χ4v) is 18.1. The average Bonchev–Trinajstić information content (AvgIpc) is 2.97. The molecule has 0 radical (unpaired) electrons. The second-order valence-corrected chi connectivity index (χ2v) is 16.1. The van der Waals surface area contributed by atoms with E-state index in [1.54, 1.807) is 16.1 Å². The first-order valence-corrected chi connectivity index (χ1v) is 15.4. The molecule has 0 bridgehead atoms. The predicted molar refractivity (Wildman–Crippen MR) is 104 cm³/mol. The van der Waals surface area contributed by atoms with Gasteiger partial charge in [0, 0.05) is 0 Å². The Balaban J connectivity index is 1.75. The molecule has 104 valence electrons. The molecule has 0 atom stereocenters. The summed E-state index contributed by atoms with van der Waals surface area (Å²) in [6, 6.07) is 0. The molecule has 0 saturated heterocycles. The Morgan fingerprint density at radius 1 is 0.789 bits per heavy atom. The van der Waals surface area contributed by atoms with Gasteiger partial charge in [0.1, 0.15) is 0 Å². The molecule has 3 aliphatic heterocycles. The van der Waals surface area contributed by atoms with Crippen molar-refractivity contribution in [3.05, 3.63) is 24.6 Å². The summed E-state index contributed by atoms with van der Waals surface area (Å²) >= 11 is 13.5. The first-order chi connectivity index (χ1) is 9.31. The fraction of sp³-hybridized carbons (Fsp3) is 0.455. The summed E-state index contributed by atoms with van der Waals surface area (Å²) in [4.78, 5) is 0. The van der Waals surface area contributed by atoms with Crippen LogP contribution in [0.2, 0.25) is 10.6 Å². The van der Waals surface area contributed by atoms with Crippen molar-refractivity contribution in [2.75, 3.05) is 12.5 Å². The van der Waals surface area contributed by atoms with Crippen LogP contribution >= 0.6 is 70.6 Å². The summed E-state index contributed by atoms with van der Waals surface area (Å²) in [7, 11) is 0. The maximum absolute atomic E-state index is 2.20. The molecule has 0 unspecified atom stereocenters. The van der Waals surface area contributed by atoms with Crippen molar-refractivity contribution in [2.45, 2.75) is 17.1 Å². The Bertz CT molecular complexity index is 444. The summed E-state index contributed by atoms with van der Waals surface area (Å²) < 4.78 is 9.66. The van der Waals surface area contributed by atoms with Crippen molar-refractivity contribution >= 4 is 100 Å². The second-order valence-electron chi connectivity index (χ2n) is 3.59. The monoisotopic (exact) mass is 496 g/mol. The number of thioether (sulfide) groups is 6. The Morgan fingerprint density at radius 2 is 1.26 bits per heavy atom. The standard InChI is InChI=1S/C11H12S6Se2/c1-12-6-7(13-2)15-8(14-6)9-16-10-11(17-9)19-5-3-4-18-10/h3-5H2,1-2H3. The SMILES string of the molecule is CSC1=C(SC)SC(=C2SC3=C(S2)[Se]CCC[Se]3)S1. The molecule has 0 aliphatic carbocycles. The first-order valence-electron chi connectivity index (χ1n) is 5.59. The third kappa shape index (κ3) is 3.82. The predicted octanol–water partition coefficient (Wildman–Crippen LogP) is 5.70. The number of hydrogen-bond donors (Lipinski definition) is 0. The summed E-state index contributed by atoms with van der Waals surface area (Å²) in [6.07, 6.45) is 5.86. The first kappa shape index (κ1) is 16.2. The van der Waals surface area contributed by atoms with Gasteiger partial charge in [0.05, 0.1) is 0 Å². The van der Waals surface area contributed by atoms with Gasteiger partial charge in [-0.1, -0.05) is 0 Å². The van der Waals surface area contributed by atoms with Crippen LogP contribution in [0.1, 0.15) is 6.42 Å². The third-order valence-corrected chi connectivity index (χ3v) is 17.8. The zero-order valence-corrected chi connectivity index (χ0v) is 18.7. The van der Waals surface area contributed by atoms with Gasteiger partial charge in [0.15, 0.2) is 0 Å². The minimum absolute atomic E-state index is 0.763. The Labute approximate surface area is 153 Å². The van der Waals surface area contributed by atoms with Gasteiger partial charge in [-0.25, -0.2) is 0 Å². The molecule has 0 fully saturated rings. The summed E-state index contributed by atoms with van der Waals surface area (Å²) in [6.45, 7) is 0. The average molecular weight is 495 g/mol. The molecule has 3 heterocycles. The van der Waals surface area contributed by atoms with E-state index in [-0.39, 0.29) is 0 Å². The molecule has 0 amide bonds. The van der Waals surface area contributed by atoms with Gasteiger partial charge >= 0.3 is 155 Å². The summed E-state index contributed by atoms with van der Waals surface area (Å²) in [5, 5.41) is 2.93. The number of hydrogen-bond acceptors (Lipinski definition) is 6. The maximum atomic E-state index is 2.20. The zero-order valence-electron chi connectivity index (χ0n) is 10.4. The van der Waals surface area contributed by atoms with E-state index in [1.165, 1.54) is 25.5 Å². The molecule has 0 N–H and O–H groups in total. The summed E-state index contributed by atoms with van der Waals surface area (Å²) in [5.74, 6) is 0. The molecule has 0 aromatic carbocycles. The molecule has 8 heteroatoms. The fourth-order valence-electron chi connectivity index (χ4n) is 1.53. The quantitative estimate of drug-likeness (QED) is 0.449. The Hall–Kier alpha value is 2.36. The van der Waals surface area contributed by atoms with Crippen LogP contribution in [0.5, 0.6) is 0 Å². The van der Waals surface area contributed by atoms with Gasteiger partial charge < -0.3 is 0 Å². The van der Waals surface area contributed by atoms with Crippen LogP contribution in [-0.4, -0.2) is 42.4 Å². The van der Waals surface area contributed by atoms with Crippen LogP contribution in [-0.2, 0) is 0 Å². The van der Waals surface area contributed by atoms with Crippen molar-refractivity contribution in [2.24, 2.45) is 0 Å². The van der Waals surface area contributed by atoms with E-state index in [0.29, 0.717) is 0 Å².